The first kappa shape index (κ1) is 15.8. The number of carbonyl (C=O) groups is 1. The first-order valence-corrected chi connectivity index (χ1v) is 7.15. The fourth-order valence-corrected chi connectivity index (χ4v) is 2.42. The molecule has 1 heterocycles. The quantitative estimate of drug-likeness (QED) is 0.576. The molecule has 0 atom stereocenters. The van der Waals surface area contributed by atoms with Crippen LogP contribution < -0.4 is 11.1 Å². The largest absolute Gasteiger partial charge is 0.420 e. The number of nitro benzene ring substituents is 1. The zero-order valence-electron chi connectivity index (χ0n) is 12.1. The molecule has 1 aromatic heterocycles. The molecular formula is C15H10ClN3O5. The van der Waals surface area contributed by atoms with Gasteiger partial charge in [0, 0.05) is 11.8 Å². The summed E-state index contributed by atoms with van der Waals surface area (Å²) in [6.45, 7) is -0.285. The summed E-state index contributed by atoms with van der Waals surface area (Å²) in [7, 11) is 0. The lowest BCUT2D eigenvalue weighted by Gasteiger charge is -2.06. The van der Waals surface area contributed by atoms with Gasteiger partial charge in [-0.25, -0.2) is 4.79 Å². The van der Waals surface area contributed by atoms with Crippen molar-refractivity contribution in [2.45, 2.75) is 6.54 Å². The van der Waals surface area contributed by atoms with Gasteiger partial charge in [0.25, 0.3) is 5.69 Å². The van der Waals surface area contributed by atoms with Gasteiger partial charge in [-0.1, -0.05) is 23.7 Å². The van der Waals surface area contributed by atoms with Crippen molar-refractivity contribution >= 4 is 40.0 Å². The zero-order chi connectivity index (χ0) is 17.3. The van der Waals surface area contributed by atoms with Crippen LogP contribution in [0.4, 0.5) is 11.4 Å². The molecule has 9 heteroatoms. The zero-order valence-corrected chi connectivity index (χ0v) is 12.8. The minimum atomic E-state index is -0.659. The minimum absolute atomic E-state index is 0.0324. The maximum atomic E-state index is 12.1. The first-order chi connectivity index (χ1) is 11.5. The number of benzene rings is 2. The van der Waals surface area contributed by atoms with Crippen molar-refractivity contribution in [3.63, 3.8) is 0 Å². The number of para-hydroxylation sites is 2. The smallest absolute Gasteiger partial charge is 0.408 e. The number of halogens is 1. The highest BCUT2D eigenvalue weighted by Crippen LogP contribution is 2.27. The van der Waals surface area contributed by atoms with Gasteiger partial charge in [-0.05, 0) is 24.3 Å². The number of hydrogen-bond acceptors (Lipinski definition) is 5. The lowest BCUT2D eigenvalue weighted by Crippen LogP contribution is -2.24. The average molecular weight is 348 g/mol. The molecule has 0 aliphatic rings. The number of anilines is 1. The van der Waals surface area contributed by atoms with Gasteiger partial charge in [-0.15, -0.1) is 0 Å². The van der Waals surface area contributed by atoms with E-state index in [0.717, 1.165) is 6.07 Å². The fraction of sp³-hybridized carbons (Fsp3) is 0.0667. The number of nitrogens with zero attached hydrogens (tertiary/aromatic N) is 2. The highest BCUT2D eigenvalue weighted by atomic mass is 35.5. The molecule has 0 unspecified atom stereocenters. The second-order valence-electron chi connectivity index (χ2n) is 4.89. The van der Waals surface area contributed by atoms with E-state index in [1.165, 1.54) is 16.7 Å². The van der Waals surface area contributed by atoms with Crippen molar-refractivity contribution in [3.05, 3.63) is 68.2 Å². The highest BCUT2D eigenvalue weighted by molar-refractivity contribution is 6.32. The van der Waals surface area contributed by atoms with Crippen molar-refractivity contribution in [3.8, 4) is 0 Å². The standard InChI is InChI=1S/C15H10ClN3O5/c16-10-6-5-9(7-12(10)19(22)23)17-14(20)8-18-11-3-1-2-4-13(11)24-15(18)21/h1-7H,8H2,(H,17,20). The molecule has 1 amide bonds. The van der Waals surface area contributed by atoms with Crippen LogP contribution in [0.2, 0.25) is 5.02 Å². The predicted octanol–water partition coefficient (Wildman–Crippen LogP) is 2.79. The number of aromatic nitrogens is 1. The monoisotopic (exact) mass is 347 g/mol. The third kappa shape index (κ3) is 2.99. The van der Waals surface area contributed by atoms with Crippen molar-refractivity contribution in [1.82, 2.24) is 4.57 Å². The Kier molecular flexibility index (Phi) is 4.05. The van der Waals surface area contributed by atoms with Crippen molar-refractivity contribution in [2.24, 2.45) is 0 Å². The number of oxazole rings is 1. The summed E-state index contributed by atoms with van der Waals surface area (Å²) in [4.78, 5) is 34.2. The Hall–Kier alpha value is -3.13. The van der Waals surface area contributed by atoms with E-state index in [9.17, 15) is 19.7 Å². The van der Waals surface area contributed by atoms with E-state index in [-0.39, 0.29) is 22.9 Å². The van der Waals surface area contributed by atoms with Gasteiger partial charge < -0.3 is 9.73 Å². The number of hydrogen-bond donors (Lipinski definition) is 1. The van der Waals surface area contributed by atoms with E-state index in [4.69, 9.17) is 16.0 Å². The van der Waals surface area contributed by atoms with Gasteiger partial charge >= 0.3 is 5.76 Å². The average Bonchev–Trinajstić information content (AvgIpc) is 2.85. The minimum Gasteiger partial charge on any atom is -0.408 e. The van der Waals surface area contributed by atoms with Crippen LogP contribution in [0.5, 0.6) is 0 Å². The summed E-state index contributed by atoms with van der Waals surface area (Å²) in [5.74, 6) is -1.19. The molecule has 0 bridgehead atoms. The normalized spacial score (nSPS) is 10.7. The molecule has 3 aromatic rings. The second kappa shape index (κ2) is 6.17. The number of fused-ring (bicyclic) bond motifs is 1. The fourth-order valence-electron chi connectivity index (χ4n) is 2.24. The Morgan fingerprint density at radius 2 is 2.04 bits per heavy atom. The van der Waals surface area contributed by atoms with Crippen LogP contribution in [-0.2, 0) is 11.3 Å². The lowest BCUT2D eigenvalue weighted by atomic mass is 10.2. The molecule has 0 saturated carbocycles. The summed E-state index contributed by atoms with van der Waals surface area (Å²) in [5, 5.41) is 13.3. The van der Waals surface area contributed by atoms with E-state index in [2.05, 4.69) is 5.32 Å². The number of amides is 1. The van der Waals surface area contributed by atoms with Gasteiger partial charge in [0.05, 0.1) is 10.4 Å². The molecular weight excluding hydrogens is 338 g/mol. The second-order valence-corrected chi connectivity index (χ2v) is 5.30. The number of carbonyl (C=O) groups excluding carboxylic acids is 1. The van der Waals surface area contributed by atoms with Crippen LogP contribution in [0.25, 0.3) is 11.1 Å². The number of nitrogens with one attached hydrogen (secondary N) is 1. The Morgan fingerprint density at radius 1 is 1.29 bits per heavy atom. The summed E-state index contributed by atoms with van der Waals surface area (Å²) >= 11 is 5.72. The van der Waals surface area contributed by atoms with Crippen LogP contribution >= 0.6 is 11.6 Å². The SMILES string of the molecule is O=C(Cn1c(=O)oc2ccccc21)Nc1ccc(Cl)c([N+](=O)[O-])c1. The Labute approximate surface area is 139 Å². The molecule has 8 nitrogen and oxygen atoms in total. The van der Waals surface area contributed by atoms with Gasteiger partial charge in [0.15, 0.2) is 5.58 Å². The molecule has 0 saturated heterocycles. The van der Waals surface area contributed by atoms with Crippen LogP contribution in [0.3, 0.4) is 0 Å². The van der Waals surface area contributed by atoms with Crippen LogP contribution in [0.1, 0.15) is 0 Å². The molecule has 0 fully saturated rings. The van der Waals surface area contributed by atoms with E-state index < -0.39 is 16.6 Å². The summed E-state index contributed by atoms with van der Waals surface area (Å²) < 4.78 is 6.21. The maximum absolute atomic E-state index is 12.1. The summed E-state index contributed by atoms with van der Waals surface area (Å²) in [6.07, 6.45) is 0. The van der Waals surface area contributed by atoms with Crippen LogP contribution in [0, 0.1) is 10.1 Å². The molecule has 3 rings (SSSR count). The third-order valence-corrected chi connectivity index (χ3v) is 3.62. The third-order valence-electron chi connectivity index (χ3n) is 3.30. The van der Waals surface area contributed by atoms with Gasteiger partial charge in [-0.2, -0.15) is 0 Å². The summed E-state index contributed by atoms with van der Waals surface area (Å²) in [6, 6.07) is 10.6. The molecule has 0 spiro atoms. The molecule has 2 aromatic carbocycles. The topological polar surface area (TPSA) is 107 Å². The van der Waals surface area contributed by atoms with Gasteiger partial charge in [-0.3, -0.25) is 19.5 Å². The van der Waals surface area contributed by atoms with E-state index in [1.807, 2.05) is 0 Å². The molecule has 24 heavy (non-hydrogen) atoms. The molecule has 0 aliphatic heterocycles. The van der Waals surface area contributed by atoms with Crippen LogP contribution in [0.15, 0.2) is 51.7 Å². The first-order valence-electron chi connectivity index (χ1n) is 6.78. The molecule has 0 aliphatic carbocycles. The van der Waals surface area contributed by atoms with E-state index in [1.54, 1.807) is 24.3 Å². The van der Waals surface area contributed by atoms with Crippen molar-refractivity contribution < 1.29 is 14.1 Å². The lowest BCUT2D eigenvalue weighted by molar-refractivity contribution is -0.384. The Morgan fingerprint density at radius 3 is 2.79 bits per heavy atom. The maximum Gasteiger partial charge on any atom is 0.420 e. The van der Waals surface area contributed by atoms with Crippen molar-refractivity contribution in [1.29, 1.82) is 0 Å². The molecule has 1 N–H and O–H groups in total. The van der Waals surface area contributed by atoms with Crippen LogP contribution in [-0.4, -0.2) is 15.4 Å². The molecule has 122 valence electrons. The Balaban J connectivity index is 1.83. The Bertz CT molecular complexity index is 1010. The van der Waals surface area contributed by atoms with E-state index in [0.29, 0.717) is 11.1 Å². The van der Waals surface area contributed by atoms with Crippen molar-refractivity contribution in [2.75, 3.05) is 5.32 Å². The highest BCUT2D eigenvalue weighted by Gasteiger charge is 2.16. The van der Waals surface area contributed by atoms with Gasteiger partial charge in [0.2, 0.25) is 5.91 Å². The van der Waals surface area contributed by atoms with Gasteiger partial charge in [0.1, 0.15) is 11.6 Å². The van der Waals surface area contributed by atoms with E-state index >= 15 is 0 Å². The molecule has 0 radical (unpaired) electrons. The predicted molar refractivity (Wildman–Crippen MR) is 87.2 cm³/mol. The number of nitro groups is 1. The number of rotatable bonds is 4. The summed E-state index contributed by atoms with van der Waals surface area (Å²) in [5.41, 5.74) is 0.745.